The number of benzene rings is 1. The third kappa shape index (κ3) is 4.63. The molecule has 0 atom stereocenters. The molecular weight excluding hydrogens is 512 g/mol. The SMILES string of the molecule is Cc1ncc(Cl)cc1C(=O)NC1CCC(Cn2c(=O)n(-c3cnc4c(c3)c(C)cn4C)c3ccccc32)CC1. The Balaban J connectivity index is 1.22. The summed E-state index contributed by atoms with van der Waals surface area (Å²) in [6.07, 6.45) is 8.98. The molecule has 200 valence electrons. The van der Waals surface area contributed by atoms with E-state index in [1.165, 1.54) is 0 Å². The Bertz CT molecular complexity index is 1770. The van der Waals surface area contributed by atoms with Crippen molar-refractivity contribution < 1.29 is 4.79 Å². The molecule has 1 aliphatic carbocycles. The number of hydrogen-bond donors (Lipinski definition) is 1. The van der Waals surface area contributed by atoms with Gasteiger partial charge in [0.2, 0.25) is 0 Å². The van der Waals surface area contributed by atoms with Crippen LogP contribution in [0.4, 0.5) is 0 Å². The van der Waals surface area contributed by atoms with Gasteiger partial charge in [-0.15, -0.1) is 0 Å². The van der Waals surface area contributed by atoms with E-state index in [1.54, 1.807) is 23.0 Å². The number of para-hydroxylation sites is 2. The summed E-state index contributed by atoms with van der Waals surface area (Å²) >= 11 is 6.05. The molecule has 1 aliphatic rings. The van der Waals surface area contributed by atoms with E-state index in [-0.39, 0.29) is 17.6 Å². The molecule has 0 aliphatic heterocycles. The van der Waals surface area contributed by atoms with Crippen LogP contribution >= 0.6 is 11.6 Å². The first kappa shape index (κ1) is 25.4. The third-order valence-corrected chi connectivity index (χ3v) is 8.22. The van der Waals surface area contributed by atoms with Gasteiger partial charge in [0, 0.05) is 37.4 Å². The van der Waals surface area contributed by atoms with E-state index in [1.807, 2.05) is 47.4 Å². The molecule has 9 heteroatoms. The van der Waals surface area contributed by atoms with Crippen LogP contribution in [0.1, 0.15) is 47.3 Å². The van der Waals surface area contributed by atoms with Crippen molar-refractivity contribution in [3.05, 3.63) is 87.3 Å². The van der Waals surface area contributed by atoms with Crippen LogP contribution in [0.3, 0.4) is 0 Å². The van der Waals surface area contributed by atoms with Crippen molar-refractivity contribution in [2.24, 2.45) is 13.0 Å². The number of halogens is 1. The molecule has 6 rings (SSSR count). The zero-order valence-electron chi connectivity index (χ0n) is 22.3. The number of pyridine rings is 2. The maximum atomic E-state index is 13.8. The number of aromatic nitrogens is 5. The Morgan fingerprint density at radius 2 is 1.79 bits per heavy atom. The Hall–Kier alpha value is -3.91. The summed E-state index contributed by atoms with van der Waals surface area (Å²) in [4.78, 5) is 35.5. The second kappa shape index (κ2) is 10.0. The van der Waals surface area contributed by atoms with Crippen molar-refractivity contribution in [1.29, 1.82) is 0 Å². The lowest BCUT2D eigenvalue weighted by molar-refractivity contribution is 0.0919. The molecule has 8 nitrogen and oxygen atoms in total. The number of carbonyl (C=O) groups excluding carboxylic acids is 1. The summed E-state index contributed by atoms with van der Waals surface area (Å²) < 4.78 is 5.69. The molecule has 0 unspecified atom stereocenters. The molecule has 1 saturated carbocycles. The first-order valence-corrected chi connectivity index (χ1v) is 13.7. The van der Waals surface area contributed by atoms with Gasteiger partial charge in [0.25, 0.3) is 5.91 Å². The minimum absolute atomic E-state index is 0.0507. The topological polar surface area (TPSA) is 86.7 Å². The molecule has 0 spiro atoms. The van der Waals surface area contributed by atoms with E-state index in [0.29, 0.717) is 28.7 Å². The van der Waals surface area contributed by atoms with Gasteiger partial charge in [0.15, 0.2) is 0 Å². The van der Waals surface area contributed by atoms with Gasteiger partial charge in [-0.2, -0.15) is 0 Å². The van der Waals surface area contributed by atoms with Gasteiger partial charge in [0.1, 0.15) is 5.65 Å². The van der Waals surface area contributed by atoms with Crippen molar-refractivity contribution in [1.82, 2.24) is 29.0 Å². The summed E-state index contributed by atoms with van der Waals surface area (Å²) in [5.41, 5.74) is 5.73. The molecule has 1 aromatic carbocycles. The van der Waals surface area contributed by atoms with Gasteiger partial charge >= 0.3 is 5.69 Å². The molecule has 0 radical (unpaired) electrons. The molecule has 1 fully saturated rings. The van der Waals surface area contributed by atoms with Crippen LogP contribution in [0, 0.1) is 19.8 Å². The first-order chi connectivity index (χ1) is 18.8. The van der Waals surface area contributed by atoms with Crippen molar-refractivity contribution in [3.8, 4) is 5.69 Å². The lowest BCUT2D eigenvalue weighted by Crippen LogP contribution is -2.39. The van der Waals surface area contributed by atoms with E-state index in [0.717, 1.165) is 59.0 Å². The fourth-order valence-corrected chi connectivity index (χ4v) is 6.10. The molecule has 0 bridgehead atoms. The predicted molar refractivity (Wildman–Crippen MR) is 154 cm³/mol. The van der Waals surface area contributed by atoms with Crippen molar-refractivity contribution in [3.63, 3.8) is 0 Å². The maximum Gasteiger partial charge on any atom is 0.333 e. The highest BCUT2D eigenvalue weighted by atomic mass is 35.5. The van der Waals surface area contributed by atoms with Crippen LogP contribution in [-0.4, -0.2) is 35.6 Å². The fourth-order valence-electron chi connectivity index (χ4n) is 5.94. The monoisotopic (exact) mass is 542 g/mol. The van der Waals surface area contributed by atoms with Crippen molar-refractivity contribution in [2.45, 2.75) is 52.1 Å². The Kier molecular flexibility index (Phi) is 6.51. The van der Waals surface area contributed by atoms with Gasteiger partial charge in [0.05, 0.1) is 39.2 Å². The number of nitrogens with zero attached hydrogens (tertiary/aromatic N) is 5. The summed E-state index contributed by atoms with van der Waals surface area (Å²) in [7, 11) is 1.98. The minimum Gasteiger partial charge on any atom is -0.349 e. The standard InChI is InChI=1S/C30H31ClN6O2/c1-18-16-35(3)28-24(18)13-23(15-33-28)37-27-7-5-4-6-26(27)36(30(37)39)17-20-8-10-22(11-9-20)34-29(38)25-12-21(31)14-32-19(25)2/h4-7,12-16,20,22H,8-11,17H2,1-3H3,(H,34,38). The van der Waals surface area contributed by atoms with Crippen LogP contribution in [0.15, 0.2) is 59.8 Å². The van der Waals surface area contributed by atoms with Gasteiger partial charge < -0.3 is 9.88 Å². The smallest absolute Gasteiger partial charge is 0.333 e. The Morgan fingerprint density at radius 3 is 2.56 bits per heavy atom. The van der Waals surface area contributed by atoms with E-state index in [9.17, 15) is 9.59 Å². The number of nitrogens with one attached hydrogen (secondary N) is 1. The second-order valence-corrected chi connectivity index (χ2v) is 11.1. The number of fused-ring (bicyclic) bond motifs is 2. The van der Waals surface area contributed by atoms with Gasteiger partial charge in [-0.05, 0) is 75.3 Å². The molecule has 1 N–H and O–H groups in total. The van der Waals surface area contributed by atoms with E-state index in [2.05, 4.69) is 34.5 Å². The number of aryl methyl sites for hydroxylation is 3. The highest BCUT2D eigenvalue weighted by Crippen LogP contribution is 2.28. The number of carbonyl (C=O) groups is 1. The first-order valence-electron chi connectivity index (χ1n) is 13.4. The van der Waals surface area contributed by atoms with Crippen LogP contribution in [0.2, 0.25) is 5.02 Å². The Morgan fingerprint density at radius 1 is 1.05 bits per heavy atom. The quantitative estimate of drug-likeness (QED) is 0.325. The average molecular weight is 543 g/mol. The lowest BCUT2D eigenvalue weighted by Gasteiger charge is -2.29. The number of hydrogen-bond acceptors (Lipinski definition) is 4. The second-order valence-electron chi connectivity index (χ2n) is 10.7. The highest BCUT2D eigenvalue weighted by molar-refractivity contribution is 6.30. The van der Waals surface area contributed by atoms with Crippen molar-refractivity contribution in [2.75, 3.05) is 0 Å². The minimum atomic E-state index is -0.135. The lowest BCUT2D eigenvalue weighted by atomic mass is 9.85. The normalized spacial score (nSPS) is 17.6. The molecular formula is C30H31ClN6O2. The van der Waals surface area contributed by atoms with Crippen LogP contribution < -0.4 is 11.0 Å². The molecule has 5 aromatic rings. The van der Waals surface area contributed by atoms with E-state index in [4.69, 9.17) is 11.6 Å². The van der Waals surface area contributed by atoms with E-state index < -0.39 is 0 Å². The summed E-state index contributed by atoms with van der Waals surface area (Å²) in [6.45, 7) is 4.52. The largest absolute Gasteiger partial charge is 0.349 e. The van der Waals surface area contributed by atoms with E-state index >= 15 is 0 Å². The number of imidazole rings is 1. The van der Waals surface area contributed by atoms with Gasteiger partial charge in [-0.3, -0.25) is 18.9 Å². The number of rotatable bonds is 5. The zero-order valence-corrected chi connectivity index (χ0v) is 23.1. The summed E-state index contributed by atoms with van der Waals surface area (Å²) in [5, 5.41) is 4.65. The van der Waals surface area contributed by atoms with Gasteiger partial charge in [-0.1, -0.05) is 23.7 Å². The molecule has 4 heterocycles. The average Bonchev–Trinajstić information content (AvgIpc) is 3.37. The predicted octanol–water partition coefficient (Wildman–Crippen LogP) is 5.33. The van der Waals surface area contributed by atoms with Crippen molar-refractivity contribution >= 4 is 39.6 Å². The third-order valence-electron chi connectivity index (χ3n) is 8.01. The molecule has 1 amide bonds. The molecule has 0 saturated heterocycles. The zero-order chi connectivity index (χ0) is 27.3. The number of amides is 1. The maximum absolute atomic E-state index is 13.8. The van der Waals surface area contributed by atoms with Crippen LogP contribution in [0.25, 0.3) is 27.8 Å². The molecule has 39 heavy (non-hydrogen) atoms. The fraction of sp³-hybridized carbons (Fsp3) is 0.333. The van der Waals surface area contributed by atoms with Crippen LogP contribution in [0.5, 0.6) is 0 Å². The molecule has 4 aromatic heterocycles. The summed E-state index contributed by atoms with van der Waals surface area (Å²) in [5.74, 6) is 0.214. The van der Waals surface area contributed by atoms with Crippen LogP contribution in [-0.2, 0) is 13.6 Å². The Labute approximate surface area is 231 Å². The highest BCUT2D eigenvalue weighted by Gasteiger charge is 2.26. The van der Waals surface area contributed by atoms with Gasteiger partial charge in [-0.25, -0.2) is 9.78 Å². The summed E-state index contributed by atoms with van der Waals surface area (Å²) in [6, 6.07) is 11.8.